The first-order chi connectivity index (χ1) is 7.40. The molecule has 0 aliphatic heterocycles. The van der Waals surface area contributed by atoms with Gasteiger partial charge in [-0.3, -0.25) is 0 Å². The minimum absolute atomic E-state index is 0.648. The van der Waals surface area contributed by atoms with Gasteiger partial charge in [-0.2, -0.15) is 0 Å². The van der Waals surface area contributed by atoms with Crippen LogP contribution in [0.4, 0.5) is 0 Å². The van der Waals surface area contributed by atoms with Crippen LogP contribution in [0.15, 0.2) is 24.7 Å². The maximum Gasteiger partial charge on any atom is 0.0948 e. The molecule has 1 aliphatic carbocycles. The highest BCUT2D eigenvalue weighted by Crippen LogP contribution is 2.11. The van der Waals surface area contributed by atoms with Crippen molar-refractivity contribution in [1.82, 2.24) is 14.9 Å². The van der Waals surface area contributed by atoms with E-state index in [9.17, 15) is 0 Å². The Morgan fingerprint density at radius 1 is 1.53 bits per heavy atom. The Morgan fingerprint density at radius 2 is 2.47 bits per heavy atom. The van der Waals surface area contributed by atoms with Gasteiger partial charge >= 0.3 is 0 Å². The van der Waals surface area contributed by atoms with Crippen molar-refractivity contribution in [2.75, 3.05) is 0 Å². The quantitative estimate of drug-likeness (QED) is 0.763. The molecule has 1 unspecified atom stereocenters. The van der Waals surface area contributed by atoms with Crippen LogP contribution >= 0.6 is 0 Å². The monoisotopic (exact) mass is 205 g/mol. The fraction of sp³-hybridized carbons (Fsp3) is 0.583. The lowest BCUT2D eigenvalue weighted by Gasteiger charge is -2.19. The van der Waals surface area contributed by atoms with Crippen molar-refractivity contribution in [1.29, 1.82) is 0 Å². The Labute approximate surface area is 91.2 Å². The van der Waals surface area contributed by atoms with Gasteiger partial charge in [-0.15, -0.1) is 0 Å². The summed E-state index contributed by atoms with van der Waals surface area (Å²) >= 11 is 0. The molecule has 15 heavy (non-hydrogen) atoms. The average Bonchev–Trinajstić information content (AvgIpc) is 2.75. The third-order valence-corrected chi connectivity index (χ3v) is 2.98. The minimum Gasteiger partial charge on any atom is -0.334 e. The lowest BCUT2D eigenvalue weighted by atomic mass is 10.0. The first kappa shape index (κ1) is 10.4. The van der Waals surface area contributed by atoms with Crippen LogP contribution < -0.4 is 5.32 Å². The molecule has 1 atom stereocenters. The largest absolute Gasteiger partial charge is 0.334 e. The number of hydrogen-bond acceptors (Lipinski definition) is 2. The van der Waals surface area contributed by atoms with Gasteiger partial charge in [0.15, 0.2) is 0 Å². The van der Waals surface area contributed by atoms with Crippen LogP contribution in [0.1, 0.15) is 31.9 Å². The molecule has 3 heteroatoms. The summed E-state index contributed by atoms with van der Waals surface area (Å²) in [5.41, 5.74) is 1.28. The molecule has 82 valence electrons. The SMILES string of the molecule is CCn1cncc1CNC1CC=CCC1. The smallest absolute Gasteiger partial charge is 0.0948 e. The third-order valence-electron chi connectivity index (χ3n) is 2.98. The number of hydrogen-bond donors (Lipinski definition) is 1. The Hall–Kier alpha value is -1.09. The van der Waals surface area contributed by atoms with Gasteiger partial charge in [-0.25, -0.2) is 4.98 Å². The summed E-state index contributed by atoms with van der Waals surface area (Å²) in [6.45, 7) is 4.09. The lowest BCUT2D eigenvalue weighted by Crippen LogP contribution is -2.29. The molecular weight excluding hydrogens is 186 g/mol. The predicted molar refractivity (Wildman–Crippen MR) is 61.5 cm³/mol. The predicted octanol–water partition coefficient (Wildman–Crippen LogP) is 2.10. The highest BCUT2D eigenvalue weighted by Gasteiger charge is 2.09. The Kier molecular flexibility index (Phi) is 3.56. The summed E-state index contributed by atoms with van der Waals surface area (Å²) in [6.07, 6.45) is 12.0. The topological polar surface area (TPSA) is 29.9 Å². The summed E-state index contributed by atoms with van der Waals surface area (Å²) in [7, 11) is 0. The van der Waals surface area contributed by atoms with Gasteiger partial charge in [0.1, 0.15) is 0 Å². The zero-order valence-electron chi connectivity index (χ0n) is 9.32. The first-order valence-corrected chi connectivity index (χ1v) is 5.77. The molecule has 3 nitrogen and oxygen atoms in total. The highest BCUT2D eigenvalue weighted by atomic mass is 15.1. The summed E-state index contributed by atoms with van der Waals surface area (Å²) in [6, 6.07) is 0.648. The van der Waals surface area contributed by atoms with Gasteiger partial charge in [-0.05, 0) is 26.2 Å². The first-order valence-electron chi connectivity index (χ1n) is 5.77. The van der Waals surface area contributed by atoms with Crippen molar-refractivity contribution >= 4 is 0 Å². The van der Waals surface area contributed by atoms with Crippen LogP contribution in [0.2, 0.25) is 0 Å². The van der Waals surface area contributed by atoms with Crippen LogP contribution in [0.3, 0.4) is 0 Å². The molecular formula is C12H19N3. The van der Waals surface area contributed by atoms with Crippen LogP contribution in [-0.4, -0.2) is 15.6 Å². The summed E-state index contributed by atoms with van der Waals surface area (Å²) < 4.78 is 2.19. The number of nitrogens with zero attached hydrogens (tertiary/aromatic N) is 2. The maximum atomic E-state index is 4.17. The number of allylic oxidation sites excluding steroid dienone is 1. The Morgan fingerprint density at radius 3 is 3.20 bits per heavy atom. The molecule has 0 fully saturated rings. The molecule has 0 amide bonds. The van der Waals surface area contributed by atoms with E-state index in [0.717, 1.165) is 13.1 Å². The van der Waals surface area contributed by atoms with Crippen LogP contribution in [-0.2, 0) is 13.1 Å². The van der Waals surface area contributed by atoms with E-state index < -0.39 is 0 Å². The molecule has 1 N–H and O–H groups in total. The summed E-state index contributed by atoms with van der Waals surface area (Å²) in [5, 5.41) is 3.59. The Bertz CT molecular complexity index is 327. The normalized spacial score (nSPS) is 20.7. The van der Waals surface area contributed by atoms with Crippen molar-refractivity contribution in [2.24, 2.45) is 0 Å². The van der Waals surface area contributed by atoms with E-state index in [0.29, 0.717) is 6.04 Å². The molecule has 1 aromatic rings. The van der Waals surface area contributed by atoms with Gasteiger partial charge in [0.05, 0.1) is 12.0 Å². The van der Waals surface area contributed by atoms with Crippen molar-refractivity contribution in [2.45, 2.75) is 45.3 Å². The number of rotatable bonds is 4. The zero-order valence-corrected chi connectivity index (χ0v) is 9.32. The Balaban J connectivity index is 1.84. The van der Waals surface area contributed by atoms with Gasteiger partial charge < -0.3 is 9.88 Å². The van der Waals surface area contributed by atoms with E-state index in [-0.39, 0.29) is 0 Å². The van der Waals surface area contributed by atoms with E-state index >= 15 is 0 Å². The molecule has 1 heterocycles. The molecule has 1 aromatic heterocycles. The molecule has 1 aliphatic rings. The van der Waals surface area contributed by atoms with E-state index in [2.05, 4.69) is 33.9 Å². The molecule has 0 aromatic carbocycles. The molecule has 0 saturated carbocycles. The average molecular weight is 205 g/mol. The second kappa shape index (κ2) is 5.12. The fourth-order valence-corrected chi connectivity index (χ4v) is 2.01. The van der Waals surface area contributed by atoms with Crippen molar-refractivity contribution in [3.8, 4) is 0 Å². The van der Waals surface area contributed by atoms with E-state index in [1.807, 2.05) is 12.5 Å². The number of imidazole rings is 1. The third kappa shape index (κ3) is 2.69. The fourth-order valence-electron chi connectivity index (χ4n) is 2.01. The van der Waals surface area contributed by atoms with Crippen molar-refractivity contribution in [3.63, 3.8) is 0 Å². The number of nitrogens with one attached hydrogen (secondary N) is 1. The molecule has 0 saturated heterocycles. The molecule has 2 rings (SSSR count). The maximum absolute atomic E-state index is 4.17. The highest BCUT2D eigenvalue weighted by molar-refractivity contribution is 4.99. The van der Waals surface area contributed by atoms with Gasteiger partial charge in [0.2, 0.25) is 0 Å². The molecule has 0 spiro atoms. The zero-order chi connectivity index (χ0) is 10.5. The van der Waals surface area contributed by atoms with Crippen molar-refractivity contribution in [3.05, 3.63) is 30.4 Å². The standard InChI is InChI=1S/C12H19N3/c1-2-15-10-13-8-12(15)9-14-11-6-4-3-5-7-11/h3-4,8,10-11,14H,2,5-7,9H2,1H3. The van der Waals surface area contributed by atoms with Crippen LogP contribution in [0.5, 0.6) is 0 Å². The minimum atomic E-state index is 0.648. The van der Waals surface area contributed by atoms with Gasteiger partial charge in [0, 0.05) is 25.3 Å². The van der Waals surface area contributed by atoms with E-state index in [1.54, 1.807) is 0 Å². The van der Waals surface area contributed by atoms with Crippen LogP contribution in [0, 0.1) is 0 Å². The number of aryl methyl sites for hydroxylation is 1. The summed E-state index contributed by atoms with van der Waals surface area (Å²) in [5.74, 6) is 0. The summed E-state index contributed by atoms with van der Waals surface area (Å²) in [4.78, 5) is 4.17. The second-order valence-electron chi connectivity index (χ2n) is 4.03. The number of aromatic nitrogens is 2. The van der Waals surface area contributed by atoms with Gasteiger partial charge in [0.25, 0.3) is 0 Å². The molecule has 0 bridgehead atoms. The van der Waals surface area contributed by atoms with Gasteiger partial charge in [-0.1, -0.05) is 12.2 Å². The molecule has 0 radical (unpaired) electrons. The van der Waals surface area contributed by atoms with E-state index in [1.165, 1.54) is 25.0 Å². The second-order valence-corrected chi connectivity index (χ2v) is 4.03. The van der Waals surface area contributed by atoms with Crippen molar-refractivity contribution < 1.29 is 0 Å². The van der Waals surface area contributed by atoms with Crippen LogP contribution in [0.25, 0.3) is 0 Å². The van der Waals surface area contributed by atoms with E-state index in [4.69, 9.17) is 0 Å². The lowest BCUT2D eigenvalue weighted by molar-refractivity contribution is 0.464.